The first-order valence-corrected chi connectivity index (χ1v) is 12.8. The number of hydrogen-bond acceptors (Lipinski definition) is 4. The van der Waals surface area contributed by atoms with Crippen LogP contribution in [0.2, 0.25) is 0 Å². The zero-order valence-corrected chi connectivity index (χ0v) is 21.6. The summed E-state index contributed by atoms with van der Waals surface area (Å²) in [5.41, 5.74) is 5.77. The van der Waals surface area contributed by atoms with E-state index in [1.54, 1.807) is 12.1 Å². The van der Waals surface area contributed by atoms with Gasteiger partial charge in [-0.25, -0.2) is 14.0 Å². The SMILES string of the molecule is COC(=O)[C@H](C(C)C)N1Cc2ccc(-c3ccc(NC(=O)Nc4ccc5c(c4)CCC5)c(F)c3)cc2C1=O. The van der Waals surface area contributed by atoms with Crippen molar-refractivity contribution < 1.29 is 23.5 Å². The molecule has 2 N–H and O–H groups in total. The molecule has 8 heteroatoms. The molecule has 5 rings (SSSR count). The third kappa shape index (κ3) is 4.86. The van der Waals surface area contributed by atoms with Gasteiger partial charge in [-0.3, -0.25) is 4.79 Å². The molecule has 38 heavy (non-hydrogen) atoms. The molecule has 1 aliphatic carbocycles. The van der Waals surface area contributed by atoms with Crippen molar-refractivity contribution in [2.24, 2.45) is 5.92 Å². The van der Waals surface area contributed by atoms with Crippen molar-refractivity contribution in [3.05, 3.63) is 82.7 Å². The van der Waals surface area contributed by atoms with Crippen LogP contribution >= 0.6 is 0 Å². The highest BCUT2D eigenvalue weighted by atomic mass is 19.1. The summed E-state index contributed by atoms with van der Waals surface area (Å²) in [4.78, 5) is 39.5. The van der Waals surface area contributed by atoms with E-state index < -0.39 is 23.9 Å². The number of anilines is 2. The van der Waals surface area contributed by atoms with Gasteiger partial charge in [0.2, 0.25) is 0 Å². The molecule has 0 aromatic heterocycles. The van der Waals surface area contributed by atoms with Gasteiger partial charge in [-0.05, 0) is 83.3 Å². The Labute approximate surface area is 221 Å². The Hall–Kier alpha value is -4.20. The highest BCUT2D eigenvalue weighted by Gasteiger charge is 2.38. The smallest absolute Gasteiger partial charge is 0.328 e. The van der Waals surface area contributed by atoms with Crippen LogP contribution in [0.25, 0.3) is 11.1 Å². The number of amides is 3. The minimum Gasteiger partial charge on any atom is -0.467 e. The number of carbonyl (C=O) groups is 3. The molecule has 2 aliphatic rings. The summed E-state index contributed by atoms with van der Waals surface area (Å²) < 4.78 is 19.9. The van der Waals surface area contributed by atoms with E-state index in [-0.39, 0.29) is 17.5 Å². The Balaban J connectivity index is 1.30. The molecule has 0 bridgehead atoms. The van der Waals surface area contributed by atoms with Crippen LogP contribution in [0.3, 0.4) is 0 Å². The van der Waals surface area contributed by atoms with E-state index in [9.17, 15) is 18.8 Å². The maximum absolute atomic E-state index is 15.0. The standard InChI is InChI=1S/C30H30FN3O4/c1-17(2)27(29(36)38-3)34-16-22-8-7-20(14-24(22)28(34)35)21-10-12-26(25(31)15-21)33-30(37)32-23-11-9-18-5-4-6-19(18)13-23/h7-15,17,27H,4-6,16H2,1-3H3,(H2,32,33,37)/t27-/m0/s1. The Morgan fingerprint density at radius 3 is 2.37 bits per heavy atom. The highest BCUT2D eigenvalue weighted by molar-refractivity contribution is 6.02. The van der Waals surface area contributed by atoms with Crippen molar-refractivity contribution in [2.75, 3.05) is 17.7 Å². The third-order valence-corrected chi connectivity index (χ3v) is 7.26. The molecule has 0 radical (unpaired) electrons. The molecule has 0 spiro atoms. The van der Waals surface area contributed by atoms with Gasteiger partial charge in [0.15, 0.2) is 0 Å². The van der Waals surface area contributed by atoms with E-state index in [1.165, 1.54) is 35.3 Å². The summed E-state index contributed by atoms with van der Waals surface area (Å²) in [7, 11) is 1.31. The van der Waals surface area contributed by atoms with Crippen LogP contribution < -0.4 is 10.6 Å². The minimum atomic E-state index is -0.686. The number of halogens is 1. The van der Waals surface area contributed by atoms with Crippen LogP contribution in [0.15, 0.2) is 54.6 Å². The fourth-order valence-corrected chi connectivity index (χ4v) is 5.34. The molecule has 0 fully saturated rings. The van der Waals surface area contributed by atoms with Gasteiger partial charge in [-0.1, -0.05) is 38.1 Å². The molecular formula is C30H30FN3O4. The molecule has 1 atom stereocenters. The number of nitrogens with one attached hydrogen (secondary N) is 2. The van der Waals surface area contributed by atoms with Crippen molar-refractivity contribution in [3.8, 4) is 11.1 Å². The zero-order chi connectivity index (χ0) is 27.0. The number of rotatable bonds is 6. The van der Waals surface area contributed by atoms with Gasteiger partial charge in [-0.2, -0.15) is 0 Å². The van der Waals surface area contributed by atoms with Crippen molar-refractivity contribution in [1.82, 2.24) is 4.90 Å². The second-order valence-electron chi connectivity index (χ2n) is 10.1. The predicted octanol–water partition coefficient (Wildman–Crippen LogP) is 5.78. The topological polar surface area (TPSA) is 87.7 Å². The Morgan fingerprint density at radius 1 is 0.921 bits per heavy atom. The van der Waals surface area contributed by atoms with Crippen LogP contribution in [-0.2, 0) is 28.9 Å². The Kier molecular flexibility index (Phi) is 6.89. The molecule has 0 saturated heterocycles. The summed E-state index contributed by atoms with van der Waals surface area (Å²) in [6, 6.07) is 14.5. The molecule has 7 nitrogen and oxygen atoms in total. The van der Waals surface area contributed by atoms with E-state index in [4.69, 9.17) is 4.74 Å². The van der Waals surface area contributed by atoms with Gasteiger partial charge >= 0.3 is 12.0 Å². The van der Waals surface area contributed by atoms with Gasteiger partial charge < -0.3 is 20.3 Å². The second kappa shape index (κ2) is 10.3. The number of esters is 1. The molecular weight excluding hydrogens is 485 g/mol. The molecule has 1 aliphatic heterocycles. The fourth-order valence-electron chi connectivity index (χ4n) is 5.34. The number of urea groups is 1. The summed E-state index contributed by atoms with van der Waals surface area (Å²) in [5, 5.41) is 5.34. The quantitative estimate of drug-likeness (QED) is 0.408. The lowest BCUT2D eigenvalue weighted by atomic mass is 10.00. The van der Waals surface area contributed by atoms with Crippen molar-refractivity contribution in [3.63, 3.8) is 0 Å². The van der Waals surface area contributed by atoms with Crippen molar-refractivity contribution in [1.29, 1.82) is 0 Å². The average molecular weight is 516 g/mol. The summed E-state index contributed by atoms with van der Waals surface area (Å²) >= 11 is 0. The molecule has 196 valence electrons. The lowest BCUT2D eigenvalue weighted by molar-refractivity contribution is -0.147. The average Bonchev–Trinajstić information content (AvgIpc) is 3.49. The molecule has 3 amide bonds. The van der Waals surface area contributed by atoms with Crippen molar-refractivity contribution >= 4 is 29.3 Å². The first-order chi connectivity index (χ1) is 18.2. The van der Waals surface area contributed by atoms with Gasteiger partial charge in [-0.15, -0.1) is 0 Å². The number of fused-ring (bicyclic) bond motifs is 2. The summed E-state index contributed by atoms with van der Waals surface area (Å²) in [5.74, 6) is -1.42. The number of ether oxygens (including phenoxy) is 1. The Bertz CT molecular complexity index is 1430. The molecule has 3 aromatic carbocycles. The molecule has 0 unspecified atom stereocenters. The van der Waals surface area contributed by atoms with E-state index in [0.29, 0.717) is 28.9 Å². The van der Waals surface area contributed by atoms with Crippen LogP contribution in [0.1, 0.15) is 47.3 Å². The monoisotopic (exact) mass is 515 g/mol. The number of nitrogens with zero attached hydrogens (tertiary/aromatic N) is 1. The minimum absolute atomic E-state index is 0.0497. The maximum Gasteiger partial charge on any atom is 0.328 e. The van der Waals surface area contributed by atoms with Crippen molar-refractivity contribution in [2.45, 2.75) is 45.7 Å². The first kappa shape index (κ1) is 25.4. The lowest BCUT2D eigenvalue weighted by Crippen LogP contribution is -2.45. The second-order valence-corrected chi connectivity index (χ2v) is 10.1. The normalized spacial score (nSPS) is 14.8. The highest BCUT2D eigenvalue weighted by Crippen LogP contribution is 2.32. The first-order valence-electron chi connectivity index (χ1n) is 12.8. The maximum atomic E-state index is 15.0. The van der Waals surface area contributed by atoms with Crippen LogP contribution in [-0.4, -0.2) is 36.0 Å². The van der Waals surface area contributed by atoms with Crippen LogP contribution in [0.4, 0.5) is 20.6 Å². The predicted molar refractivity (Wildman–Crippen MR) is 143 cm³/mol. The van der Waals surface area contributed by atoms with Crippen LogP contribution in [0.5, 0.6) is 0 Å². The van der Waals surface area contributed by atoms with E-state index in [1.807, 2.05) is 44.2 Å². The number of benzene rings is 3. The molecule has 1 heterocycles. The molecule has 3 aromatic rings. The summed E-state index contributed by atoms with van der Waals surface area (Å²) in [6.45, 7) is 4.05. The van der Waals surface area contributed by atoms with Gasteiger partial charge in [0, 0.05) is 17.8 Å². The zero-order valence-electron chi connectivity index (χ0n) is 21.6. The van der Waals surface area contributed by atoms with Gasteiger partial charge in [0.25, 0.3) is 5.91 Å². The number of methoxy groups -OCH3 is 1. The fraction of sp³-hybridized carbons (Fsp3) is 0.300. The number of hydrogen-bond donors (Lipinski definition) is 2. The lowest BCUT2D eigenvalue weighted by Gasteiger charge is -2.28. The van der Waals surface area contributed by atoms with E-state index in [2.05, 4.69) is 10.6 Å². The van der Waals surface area contributed by atoms with Gasteiger partial charge in [0.1, 0.15) is 11.9 Å². The van der Waals surface area contributed by atoms with Gasteiger partial charge in [0.05, 0.1) is 12.8 Å². The van der Waals surface area contributed by atoms with E-state index >= 15 is 0 Å². The number of aryl methyl sites for hydroxylation is 2. The largest absolute Gasteiger partial charge is 0.467 e. The van der Waals surface area contributed by atoms with Crippen LogP contribution in [0, 0.1) is 11.7 Å². The van der Waals surface area contributed by atoms with E-state index in [0.717, 1.165) is 24.8 Å². The summed E-state index contributed by atoms with van der Waals surface area (Å²) in [6.07, 6.45) is 3.17. The Morgan fingerprint density at radius 2 is 1.63 bits per heavy atom. The number of carbonyl (C=O) groups excluding carboxylic acids is 3. The third-order valence-electron chi connectivity index (χ3n) is 7.26. The molecule has 0 saturated carbocycles.